The lowest BCUT2D eigenvalue weighted by molar-refractivity contribution is -0.139. The van der Waals surface area contributed by atoms with Crippen LogP contribution in [0.25, 0.3) is 0 Å². The van der Waals surface area contributed by atoms with E-state index in [2.05, 4.69) is 5.32 Å². The third-order valence-electron chi connectivity index (χ3n) is 3.93. The van der Waals surface area contributed by atoms with Crippen molar-refractivity contribution in [3.8, 4) is 11.5 Å². The number of amides is 1. The van der Waals surface area contributed by atoms with E-state index in [9.17, 15) is 9.59 Å². The number of hydrogen-bond donors (Lipinski definition) is 2. The van der Waals surface area contributed by atoms with Gasteiger partial charge in [-0.1, -0.05) is 24.3 Å². The standard InChI is InChI=1S/C21H25NO5/c1-15-5-3-6-19(13-15)26-12-4-7-20(23)22-16(2)17-8-10-18(11-9-17)27-14-21(24)25/h3,5-6,8-11,13,16H,4,7,12,14H2,1-2H3,(H,22,23)(H,24,25). The van der Waals surface area contributed by atoms with E-state index in [0.29, 0.717) is 25.2 Å². The van der Waals surface area contributed by atoms with Crippen molar-refractivity contribution < 1.29 is 24.2 Å². The maximum Gasteiger partial charge on any atom is 0.341 e. The lowest BCUT2D eigenvalue weighted by Crippen LogP contribution is -2.26. The van der Waals surface area contributed by atoms with Gasteiger partial charge in [-0.05, 0) is 55.7 Å². The van der Waals surface area contributed by atoms with Gasteiger partial charge >= 0.3 is 5.97 Å². The number of carboxylic acid groups (broad SMARTS) is 1. The van der Waals surface area contributed by atoms with Crippen molar-refractivity contribution in [3.05, 3.63) is 59.7 Å². The second-order valence-electron chi connectivity index (χ2n) is 6.31. The molecule has 2 aromatic rings. The molecule has 2 aromatic carbocycles. The first-order valence-electron chi connectivity index (χ1n) is 8.87. The largest absolute Gasteiger partial charge is 0.494 e. The number of hydrogen-bond acceptors (Lipinski definition) is 4. The van der Waals surface area contributed by atoms with Gasteiger partial charge in [0.1, 0.15) is 11.5 Å². The average molecular weight is 371 g/mol. The molecule has 27 heavy (non-hydrogen) atoms. The van der Waals surface area contributed by atoms with Crippen LogP contribution in [0.2, 0.25) is 0 Å². The molecule has 0 heterocycles. The summed E-state index contributed by atoms with van der Waals surface area (Å²) in [6.45, 7) is 4.01. The Balaban J connectivity index is 1.70. The van der Waals surface area contributed by atoms with E-state index in [1.807, 2.05) is 50.2 Å². The quantitative estimate of drug-likeness (QED) is 0.625. The molecule has 2 rings (SSSR count). The van der Waals surface area contributed by atoms with Crippen LogP contribution in [-0.4, -0.2) is 30.2 Å². The van der Waals surface area contributed by atoms with Gasteiger partial charge in [0.15, 0.2) is 6.61 Å². The molecule has 0 fully saturated rings. The molecule has 6 heteroatoms. The lowest BCUT2D eigenvalue weighted by atomic mass is 10.1. The molecule has 1 amide bonds. The van der Waals surface area contributed by atoms with Gasteiger partial charge in [0, 0.05) is 6.42 Å². The Morgan fingerprint density at radius 1 is 1.07 bits per heavy atom. The van der Waals surface area contributed by atoms with Crippen molar-refractivity contribution in [2.75, 3.05) is 13.2 Å². The Bertz CT molecular complexity index is 757. The fourth-order valence-corrected chi connectivity index (χ4v) is 2.52. The zero-order chi connectivity index (χ0) is 19.6. The second-order valence-corrected chi connectivity index (χ2v) is 6.31. The number of rotatable bonds is 10. The number of carbonyl (C=O) groups excluding carboxylic acids is 1. The zero-order valence-corrected chi connectivity index (χ0v) is 15.6. The molecule has 2 N–H and O–H groups in total. The van der Waals surface area contributed by atoms with Crippen molar-refractivity contribution in [1.82, 2.24) is 5.32 Å². The van der Waals surface area contributed by atoms with E-state index in [0.717, 1.165) is 16.9 Å². The highest BCUT2D eigenvalue weighted by atomic mass is 16.5. The number of aryl methyl sites for hydroxylation is 1. The van der Waals surface area contributed by atoms with Gasteiger partial charge in [0.25, 0.3) is 0 Å². The molecule has 0 aliphatic heterocycles. The van der Waals surface area contributed by atoms with Gasteiger partial charge in [0.2, 0.25) is 5.91 Å². The van der Waals surface area contributed by atoms with Crippen molar-refractivity contribution in [3.63, 3.8) is 0 Å². The minimum absolute atomic E-state index is 0.0402. The topological polar surface area (TPSA) is 84.9 Å². The molecular weight excluding hydrogens is 346 g/mol. The molecule has 0 aliphatic carbocycles. The molecule has 0 spiro atoms. The van der Waals surface area contributed by atoms with Crippen LogP contribution in [0.4, 0.5) is 0 Å². The van der Waals surface area contributed by atoms with Gasteiger partial charge in [-0.2, -0.15) is 0 Å². The summed E-state index contributed by atoms with van der Waals surface area (Å²) in [7, 11) is 0. The lowest BCUT2D eigenvalue weighted by Gasteiger charge is -2.15. The summed E-state index contributed by atoms with van der Waals surface area (Å²) in [4.78, 5) is 22.6. The molecule has 144 valence electrons. The smallest absolute Gasteiger partial charge is 0.341 e. The number of benzene rings is 2. The van der Waals surface area contributed by atoms with Crippen LogP contribution >= 0.6 is 0 Å². The number of carbonyl (C=O) groups is 2. The summed E-state index contributed by atoms with van der Waals surface area (Å²) in [5.74, 6) is 0.231. The molecule has 0 radical (unpaired) electrons. The molecule has 0 aromatic heterocycles. The molecule has 0 saturated carbocycles. The normalized spacial score (nSPS) is 11.5. The Morgan fingerprint density at radius 3 is 2.48 bits per heavy atom. The van der Waals surface area contributed by atoms with Crippen LogP contribution in [0.3, 0.4) is 0 Å². The summed E-state index contributed by atoms with van der Waals surface area (Å²) in [6.07, 6.45) is 1.02. The SMILES string of the molecule is Cc1cccc(OCCCC(=O)NC(C)c2ccc(OCC(=O)O)cc2)c1. The Hall–Kier alpha value is -3.02. The minimum atomic E-state index is -1.02. The zero-order valence-electron chi connectivity index (χ0n) is 15.6. The first kappa shape index (κ1) is 20.3. The van der Waals surface area contributed by atoms with E-state index in [1.165, 1.54) is 0 Å². The highest BCUT2D eigenvalue weighted by Gasteiger charge is 2.10. The van der Waals surface area contributed by atoms with Crippen LogP contribution in [0.1, 0.15) is 36.9 Å². The van der Waals surface area contributed by atoms with Crippen LogP contribution in [0.5, 0.6) is 11.5 Å². The van der Waals surface area contributed by atoms with Crippen molar-refractivity contribution in [1.29, 1.82) is 0 Å². The van der Waals surface area contributed by atoms with Gasteiger partial charge in [-0.15, -0.1) is 0 Å². The van der Waals surface area contributed by atoms with E-state index in [1.54, 1.807) is 12.1 Å². The first-order valence-corrected chi connectivity index (χ1v) is 8.87. The summed E-state index contributed by atoms with van der Waals surface area (Å²) >= 11 is 0. The summed E-state index contributed by atoms with van der Waals surface area (Å²) < 4.78 is 10.7. The van der Waals surface area contributed by atoms with Crippen LogP contribution in [-0.2, 0) is 9.59 Å². The maximum atomic E-state index is 12.1. The van der Waals surface area contributed by atoms with Gasteiger partial charge < -0.3 is 19.9 Å². The van der Waals surface area contributed by atoms with Crippen molar-refractivity contribution >= 4 is 11.9 Å². The van der Waals surface area contributed by atoms with E-state index < -0.39 is 5.97 Å². The molecule has 0 bridgehead atoms. The molecular formula is C21H25NO5. The van der Waals surface area contributed by atoms with Crippen LogP contribution < -0.4 is 14.8 Å². The van der Waals surface area contributed by atoms with E-state index in [-0.39, 0.29) is 18.6 Å². The van der Waals surface area contributed by atoms with E-state index in [4.69, 9.17) is 14.6 Å². The highest BCUT2D eigenvalue weighted by molar-refractivity contribution is 5.76. The number of aliphatic carboxylic acids is 1. The Morgan fingerprint density at radius 2 is 1.81 bits per heavy atom. The summed E-state index contributed by atoms with van der Waals surface area (Å²) in [6, 6.07) is 14.7. The number of carboxylic acids is 1. The van der Waals surface area contributed by atoms with Crippen molar-refractivity contribution in [2.24, 2.45) is 0 Å². The second kappa shape index (κ2) is 10.2. The van der Waals surface area contributed by atoms with Crippen molar-refractivity contribution in [2.45, 2.75) is 32.7 Å². The molecule has 0 saturated heterocycles. The Labute approximate surface area is 159 Å². The Kier molecular flexibility index (Phi) is 7.67. The maximum absolute atomic E-state index is 12.1. The van der Waals surface area contributed by atoms with Gasteiger partial charge in [-0.3, -0.25) is 4.79 Å². The van der Waals surface area contributed by atoms with Crippen LogP contribution in [0, 0.1) is 6.92 Å². The molecule has 1 atom stereocenters. The summed E-state index contributed by atoms with van der Waals surface area (Å²) in [5.41, 5.74) is 2.06. The first-order chi connectivity index (χ1) is 12.9. The summed E-state index contributed by atoms with van der Waals surface area (Å²) in [5, 5.41) is 11.5. The third kappa shape index (κ3) is 7.40. The van der Waals surface area contributed by atoms with E-state index >= 15 is 0 Å². The van der Waals surface area contributed by atoms with Crippen LogP contribution in [0.15, 0.2) is 48.5 Å². The molecule has 0 aliphatic rings. The third-order valence-corrected chi connectivity index (χ3v) is 3.93. The monoisotopic (exact) mass is 371 g/mol. The fraction of sp³-hybridized carbons (Fsp3) is 0.333. The number of ether oxygens (including phenoxy) is 2. The molecule has 6 nitrogen and oxygen atoms in total. The minimum Gasteiger partial charge on any atom is -0.494 e. The average Bonchev–Trinajstić information content (AvgIpc) is 2.64. The van der Waals surface area contributed by atoms with Gasteiger partial charge in [0.05, 0.1) is 12.6 Å². The predicted molar refractivity (Wildman–Crippen MR) is 102 cm³/mol. The number of nitrogens with one attached hydrogen (secondary N) is 1. The molecule has 1 unspecified atom stereocenters. The van der Waals surface area contributed by atoms with Gasteiger partial charge in [-0.25, -0.2) is 4.79 Å². The fourth-order valence-electron chi connectivity index (χ4n) is 2.52. The predicted octanol–water partition coefficient (Wildman–Crippen LogP) is 3.49. The highest BCUT2D eigenvalue weighted by Crippen LogP contribution is 2.18.